The third kappa shape index (κ3) is 8.31. The zero-order chi connectivity index (χ0) is 37.3. The number of aromatic nitrogens is 6. The first-order chi connectivity index (χ1) is 24.7. The molecule has 0 saturated carbocycles. The molecule has 4 aromatic rings. The number of phenols is 2. The maximum atomic E-state index is 13.7. The van der Waals surface area contributed by atoms with E-state index in [2.05, 4.69) is 36.1 Å². The first kappa shape index (κ1) is 39.6. The number of ketones is 1. The number of nitrogen functional groups attached to an aromatic ring is 1. The zero-order valence-electron chi connectivity index (χ0n) is 28.2. The van der Waals surface area contributed by atoms with E-state index >= 15 is 0 Å². The molecule has 2 atom stereocenters. The second kappa shape index (κ2) is 16.2. The van der Waals surface area contributed by atoms with Crippen molar-refractivity contribution in [3.63, 3.8) is 0 Å². The molecule has 5 heterocycles. The number of carboxylic acid groups (broad SMARTS) is 1. The number of tetrazole rings is 1. The van der Waals surface area contributed by atoms with E-state index in [9.17, 15) is 34.5 Å². The van der Waals surface area contributed by atoms with Gasteiger partial charge in [0.15, 0.2) is 52.7 Å². The molecule has 6 rings (SSSR count). The standard InChI is InChI=1S/C31H29ClN10O8S2.Na/c1-31(2,29(48)49)50-38-22(18-13-52-30(33)35-18)20(44)9-17-27(47)42-23(25-36-39-40-37-25)15(12-51-28(17)42)11-41-7-5-14(6-8-41)10-34-26(46)16-3-4-19(43)24(45)21(16)32;/h3-8,13,17,28H,9-12H2,1-2H3,(H6-,33,34,35,36,37,38,39,40,43,44,45,46,48,49);/q;+1/p-1/t17-,28-;/m1./s1. The molecule has 0 aliphatic carbocycles. The minimum absolute atomic E-state index is 0. The van der Waals surface area contributed by atoms with Crippen molar-refractivity contribution in [1.82, 2.24) is 35.8 Å². The number of pyridine rings is 1. The Bertz CT molecular complexity index is 2130. The van der Waals surface area contributed by atoms with Gasteiger partial charge < -0.3 is 41.1 Å². The van der Waals surface area contributed by atoms with Crippen molar-refractivity contribution in [3.8, 4) is 11.5 Å². The third-order valence-corrected chi connectivity index (χ3v) is 10.6. The fourth-order valence-electron chi connectivity index (χ4n) is 5.26. The zero-order valence-corrected chi connectivity index (χ0v) is 32.6. The number of benzene rings is 1. The fraction of sp³-hybridized carbons (Fsp3) is 0.290. The Labute approximate surface area is 335 Å². The first-order valence-corrected chi connectivity index (χ1v) is 17.6. The number of hydrogen-bond donors (Lipinski definition) is 4. The SMILES string of the molecule is CC(C)(O/N=C(\C(=O)C[C@@H]1C(=O)N2C(c3nnn[n-]3)=C(C[n+]3ccc(CNC(=O)c4ccc(O)c(O)c4Cl)cc3)CS[C@H]12)c1csc(N)n1)C(=O)[O-].[Na+]. The molecule has 0 radical (unpaired) electrons. The number of β-lactam (4-membered cyclic amide) rings is 1. The molecular formula is C31H28ClN10NaO8S2. The first-order valence-electron chi connectivity index (χ1n) is 15.3. The number of aliphatic carboxylic acids is 1. The number of nitrogens with one attached hydrogen (secondary N) is 1. The summed E-state index contributed by atoms with van der Waals surface area (Å²) < 4.78 is 1.86. The van der Waals surface area contributed by atoms with Gasteiger partial charge in [-0.05, 0) is 31.5 Å². The molecule has 18 nitrogen and oxygen atoms in total. The number of fused-ring (bicyclic) bond motifs is 1. The summed E-state index contributed by atoms with van der Waals surface area (Å²) in [6, 6.07) is 6.06. The van der Waals surface area contributed by atoms with Gasteiger partial charge in [0.25, 0.3) is 5.91 Å². The van der Waals surface area contributed by atoms with Crippen LogP contribution in [0.1, 0.15) is 47.7 Å². The largest absolute Gasteiger partial charge is 1.00 e. The molecule has 270 valence electrons. The molecule has 1 aromatic carbocycles. The van der Waals surface area contributed by atoms with Gasteiger partial charge in [0.05, 0.1) is 39.4 Å². The number of thiazole rings is 1. The summed E-state index contributed by atoms with van der Waals surface area (Å²) in [5.41, 5.74) is 5.70. The fourth-order valence-corrected chi connectivity index (χ4v) is 7.46. The van der Waals surface area contributed by atoms with Gasteiger partial charge in [0.1, 0.15) is 5.69 Å². The number of carboxylic acids is 1. The van der Waals surface area contributed by atoms with Gasteiger partial charge in [-0.1, -0.05) is 16.8 Å². The number of nitrogens with zero attached hydrogens (tertiary/aromatic N) is 8. The minimum Gasteiger partial charge on any atom is -0.546 e. The predicted octanol–water partition coefficient (Wildman–Crippen LogP) is -3.00. The van der Waals surface area contributed by atoms with Gasteiger partial charge >= 0.3 is 29.6 Å². The number of phenolic OH excluding ortho intramolecular Hbond substituents is 2. The van der Waals surface area contributed by atoms with Crippen molar-refractivity contribution < 1.29 is 73.5 Å². The summed E-state index contributed by atoms with van der Waals surface area (Å²) in [5.74, 6) is -4.24. The van der Waals surface area contributed by atoms with Gasteiger partial charge in [-0.25, -0.2) is 9.55 Å². The molecule has 5 N–H and O–H groups in total. The van der Waals surface area contributed by atoms with Crippen LogP contribution < -0.4 is 55.4 Å². The molecule has 0 bridgehead atoms. The molecule has 2 aliphatic rings. The monoisotopic (exact) mass is 790 g/mol. The average molecular weight is 791 g/mol. The molecule has 3 aromatic heterocycles. The quantitative estimate of drug-likeness (QED) is 0.0263. The summed E-state index contributed by atoms with van der Waals surface area (Å²) in [5, 5.41) is 53.5. The van der Waals surface area contributed by atoms with Crippen LogP contribution in [-0.4, -0.2) is 81.6 Å². The number of Topliss-reactive ketones (excluding diaryl/α,β-unsaturated/α-hetero) is 1. The normalized spacial score (nSPS) is 17.1. The number of anilines is 1. The maximum Gasteiger partial charge on any atom is 1.00 e. The van der Waals surface area contributed by atoms with Crippen LogP contribution >= 0.6 is 34.7 Å². The molecule has 22 heteroatoms. The Balaban J connectivity index is 0.00000541. The molecule has 53 heavy (non-hydrogen) atoms. The van der Waals surface area contributed by atoms with Gasteiger partial charge in [0, 0.05) is 41.8 Å². The number of thioether (sulfide) groups is 1. The van der Waals surface area contributed by atoms with E-state index in [1.807, 2.05) is 4.57 Å². The number of carbonyl (C=O) groups excluding carboxylic acids is 4. The van der Waals surface area contributed by atoms with Crippen LogP contribution in [0.3, 0.4) is 0 Å². The topological polar surface area (TPSA) is 264 Å². The molecule has 0 spiro atoms. The second-order valence-electron chi connectivity index (χ2n) is 12.1. The van der Waals surface area contributed by atoms with Crippen LogP contribution in [0, 0.1) is 5.92 Å². The van der Waals surface area contributed by atoms with Crippen LogP contribution in [-0.2, 0) is 32.3 Å². The predicted molar refractivity (Wildman–Crippen MR) is 182 cm³/mol. The summed E-state index contributed by atoms with van der Waals surface area (Å²) in [6.07, 6.45) is 3.31. The Morgan fingerprint density at radius 3 is 2.62 bits per heavy atom. The Kier molecular flexibility index (Phi) is 12.1. The van der Waals surface area contributed by atoms with Crippen molar-refractivity contribution in [1.29, 1.82) is 0 Å². The molecule has 2 aliphatic heterocycles. The van der Waals surface area contributed by atoms with E-state index in [1.54, 1.807) is 24.5 Å². The maximum absolute atomic E-state index is 13.7. The number of nitrogens with two attached hydrogens (primary N) is 1. The van der Waals surface area contributed by atoms with Crippen molar-refractivity contribution in [2.24, 2.45) is 11.1 Å². The van der Waals surface area contributed by atoms with Crippen LogP contribution in [0.15, 0.2) is 52.8 Å². The van der Waals surface area contributed by atoms with Crippen molar-refractivity contribution >= 4 is 74.8 Å². The smallest absolute Gasteiger partial charge is 0.546 e. The Morgan fingerprint density at radius 2 is 1.98 bits per heavy atom. The Hall–Kier alpha value is -4.60. The van der Waals surface area contributed by atoms with Gasteiger partial charge in [-0.3, -0.25) is 29.6 Å². The Morgan fingerprint density at radius 1 is 1.25 bits per heavy atom. The summed E-state index contributed by atoms with van der Waals surface area (Å²) >= 11 is 8.50. The van der Waals surface area contributed by atoms with Gasteiger partial charge in [-0.15, -0.1) is 23.1 Å². The summed E-state index contributed by atoms with van der Waals surface area (Å²) in [7, 11) is 0. The van der Waals surface area contributed by atoms with E-state index in [-0.39, 0.29) is 81.4 Å². The summed E-state index contributed by atoms with van der Waals surface area (Å²) in [4.78, 5) is 62.1. The third-order valence-electron chi connectivity index (χ3n) is 8.11. The summed E-state index contributed by atoms with van der Waals surface area (Å²) in [6.45, 7) is 2.91. The number of amides is 2. The van der Waals surface area contributed by atoms with Crippen LogP contribution in [0.2, 0.25) is 5.02 Å². The van der Waals surface area contributed by atoms with E-state index < -0.39 is 46.1 Å². The number of carbonyl (C=O) groups is 4. The van der Waals surface area contributed by atoms with Crippen LogP contribution in [0.5, 0.6) is 11.5 Å². The molecule has 1 fully saturated rings. The van der Waals surface area contributed by atoms with E-state index in [0.717, 1.165) is 22.5 Å². The number of hydrogen-bond acceptors (Lipinski definition) is 16. The number of rotatable bonds is 13. The van der Waals surface area contributed by atoms with Crippen molar-refractivity contribution in [2.75, 3.05) is 11.5 Å². The molecule has 1 saturated heterocycles. The second-order valence-corrected chi connectivity index (χ2v) is 14.4. The van der Waals surface area contributed by atoms with Gasteiger partial charge in [0.2, 0.25) is 5.91 Å². The number of halogens is 1. The van der Waals surface area contributed by atoms with Crippen molar-refractivity contribution in [3.05, 3.63) is 75.3 Å². The molecule has 2 amide bonds. The van der Waals surface area contributed by atoms with Crippen LogP contribution in [0.4, 0.5) is 5.13 Å². The molecular weight excluding hydrogens is 763 g/mol. The minimum atomic E-state index is -1.85. The van der Waals surface area contributed by atoms with Crippen molar-refractivity contribution in [2.45, 2.75) is 44.3 Å². The van der Waals surface area contributed by atoms with E-state index in [0.29, 0.717) is 18.0 Å². The number of aromatic hydroxyl groups is 2. The van der Waals surface area contributed by atoms with E-state index in [4.69, 9.17) is 22.2 Å². The van der Waals surface area contributed by atoms with Crippen LogP contribution in [0.25, 0.3) is 5.70 Å². The van der Waals surface area contributed by atoms with Gasteiger partial charge in [-0.2, -0.15) is 5.21 Å². The molecule has 0 unspecified atom stereocenters. The average Bonchev–Trinajstić information content (AvgIpc) is 3.81. The van der Waals surface area contributed by atoms with E-state index in [1.165, 1.54) is 48.0 Å². The number of oxime groups is 1.